The Bertz CT molecular complexity index is 788. The van der Waals surface area contributed by atoms with Crippen molar-refractivity contribution in [3.63, 3.8) is 0 Å². The van der Waals surface area contributed by atoms with Gasteiger partial charge in [0.25, 0.3) is 0 Å². The van der Waals surface area contributed by atoms with Gasteiger partial charge in [0.05, 0.1) is 4.90 Å². The molecule has 0 bridgehead atoms. The summed E-state index contributed by atoms with van der Waals surface area (Å²) in [4.78, 5) is 11.3. The zero-order chi connectivity index (χ0) is 17.0. The molecule has 0 aromatic heterocycles. The molecule has 6 nitrogen and oxygen atoms in total. The third-order valence-corrected chi connectivity index (χ3v) is 4.84. The molecule has 0 radical (unpaired) electrons. The van der Waals surface area contributed by atoms with E-state index in [9.17, 15) is 23.4 Å². The van der Waals surface area contributed by atoms with Gasteiger partial charge in [-0.25, -0.2) is 8.42 Å². The molecule has 23 heavy (non-hydrogen) atoms. The summed E-state index contributed by atoms with van der Waals surface area (Å²) in [6.45, 7) is 0. The molecule has 1 unspecified atom stereocenters. The fourth-order valence-corrected chi connectivity index (χ4v) is 3.23. The highest BCUT2D eigenvalue weighted by molar-refractivity contribution is 7.89. The van der Waals surface area contributed by atoms with E-state index in [1.54, 1.807) is 0 Å². The number of carboxylic acids is 1. The van der Waals surface area contributed by atoms with Gasteiger partial charge >= 0.3 is 5.97 Å². The Morgan fingerprint density at radius 3 is 2.17 bits per heavy atom. The van der Waals surface area contributed by atoms with E-state index in [1.807, 2.05) is 0 Å². The molecule has 0 aliphatic heterocycles. The van der Waals surface area contributed by atoms with Gasteiger partial charge in [0, 0.05) is 5.02 Å². The Morgan fingerprint density at radius 1 is 1.09 bits per heavy atom. The lowest BCUT2D eigenvalue weighted by atomic mass is 10.1. The maximum absolute atomic E-state index is 12.2. The Labute approximate surface area is 138 Å². The minimum atomic E-state index is -3.99. The Kier molecular flexibility index (Phi) is 5.25. The maximum Gasteiger partial charge on any atom is 0.322 e. The predicted octanol–water partition coefficient (Wildman–Crippen LogP) is 2.02. The quantitative estimate of drug-likeness (QED) is 0.735. The summed E-state index contributed by atoms with van der Waals surface area (Å²) in [6.07, 6.45) is -0.0531. The van der Waals surface area contributed by atoms with Crippen molar-refractivity contribution in [2.75, 3.05) is 0 Å². The number of sulfonamides is 1. The highest BCUT2D eigenvalue weighted by Gasteiger charge is 2.25. The number of phenolic OH excluding ortho intramolecular Hbond substituents is 1. The molecule has 0 amide bonds. The summed E-state index contributed by atoms with van der Waals surface area (Å²) in [7, 11) is -3.99. The fourth-order valence-electron chi connectivity index (χ4n) is 1.92. The van der Waals surface area contributed by atoms with E-state index in [-0.39, 0.29) is 17.1 Å². The Balaban J connectivity index is 2.20. The van der Waals surface area contributed by atoms with E-state index in [1.165, 1.54) is 48.5 Å². The van der Waals surface area contributed by atoms with Crippen LogP contribution in [0.1, 0.15) is 5.56 Å². The molecule has 0 saturated heterocycles. The first kappa shape index (κ1) is 17.3. The molecule has 2 aromatic rings. The summed E-state index contributed by atoms with van der Waals surface area (Å²) in [5, 5.41) is 18.8. The highest BCUT2D eigenvalue weighted by atomic mass is 35.5. The average molecular weight is 356 g/mol. The van der Waals surface area contributed by atoms with Crippen LogP contribution in [0.15, 0.2) is 53.4 Å². The Morgan fingerprint density at radius 2 is 1.65 bits per heavy atom. The number of halogens is 1. The summed E-state index contributed by atoms with van der Waals surface area (Å²) in [5.41, 5.74) is 0.578. The lowest BCUT2D eigenvalue weighted by molar-refractivity contribution is -0.138. The van der Waals surface area contributed by atoms with Crippen molar-refractivity contribution in [3.05, 3.63) is 59.1 Å². The molecular weight excluding hydrogens is 342 g/mol. The molecular formula is C15H14ClNO5S. The molecule has 0 heterocycles. The van der Waals surface area contributed by atoms with Gasteiger partial charge in [-0.2, -0.15) is 4.72 Å². The van der Waals surface area contributed by atoms with Gasteiger partial charge in [-0.1, -0.05) is 23.7 Å². The molecule has 0 aliphatic rings. The number of aromatic hydroxyl groups is 1. The van der Waals surface area contributed by atoms with E-state index < -0.39 is 22.0 Å². The summed E-state index contributed by atoms with van der Waals surface area (Å²) in [6, 6.07) is 9.94. The van der Waals surface area contributed by atoms with Crippen molar-refractivity contribution in [3.8, 4) is 5.75 Å². The number of benzene rings is 2. The Hall–Kier alpha value is -2.09. The van der Waals surface area contributed by atoms with Gasteiger partial charge in [0.15, 0.2) is 0 Å². The summed E-state index contributed by atoms with van der Waals surface area (Å²) >= 11 is 5.71. The van der Waals surface area contributed by atoms with Gasteiger partial charge in [0.2, 0.25) is 10.0 Å². The van der Waals surface area contributed by atoms with E-state index in [2.05, 4.69) is 4.72 Å². The van der Waals surface area contributed by atoms with E-state index in [0.717, 1.165) is 0 Å². The highest BCUT2D eigenvalue weighted by Crippen LogP contribution is 2.16. The first-order valence-electron chi connectivity index (χ1n) is 6.56. The van der Waals surface area contributed by atoms with Crippen LogP contribution in [0, 0.1) is 0 Å². The van der Waals surface area contributed by atoms with E-state index in [0.29, 0.717) is 10.6 Å². The molecule has 0 spiro atoms. The zero-order valence-corrected chi connectivity index (χ0v) is 13.4. The monoisotopic (exact) mass is 355 g/mol. The van der Waals surface area contributed by atoms with Gasteiger partial charge in [-0.15, -0.1) is 0 Å². The van der Waals surface area contributed by atoms with Crippen LogP contribution in [-0.2, 0) is 21.2 Å². The van der Waals surface area contributed by atoms with Crippen molar-refractivity contribution >= 4 is 27.6 Å². The summed E-state index contributed by atoms with van der Waals surface area (Å²) < 4.78 is 26.6. The van der Waals surface area contributed by atoms with Gasteiger partial charge < -0.3 is 10.2 Å². The third kappa shape index (κ3) is 4.69. The van der Waals surface area contributed by atoms with Crippen LogP contribution in [0.25, 0.3) is 0 Å². The first-order chi connectivity index (χ1) is 10.8. The van der Waals surface area contributed by atoms with Crippen molar-refractivity contribution in [2.45, 2.75) is 17.4 Å². The average Bonchev–Trinajstić information content (AvgIpc) is 2.49. The number of aliphatic carboxylic acids is 1. The van der Waals surface area contributed by atoms with Crippen molar-refractivity contribution < 1.29 is 23.4 Å². The second-order valence-corrected chi connectivity index (χ2v) is 6.99. The van der Waals surface area contributed by atoms with E-state index in [4.69, 9.17) is 11.6 Å². The largest absolute Gasteiger partial charge is 0.508 e. The SMILES string of the molecule is O=C(O)C(Cc1ccc(O)cc1)NS(=O)(=O)c1ccc(Cl)cc1. The van der Waals surface area contributed by atoms with E-state index >= 15 is 0 Å². The number of phenols is 1. The third-order valence-electron chi connectivity index (χ3n) is 3.10. The van der Waals surface area contributed by atoms with Crippen LogP contribution in [0.4, 0.5) is 0 Å². The van der Waals surface area contributed by atoms with Gasteiger partial charge in [-0.05, 0) is 48.4 Å². The normalized spacial score (nSPS) is 12.7. The van der Waals surface area contributed by atoms with Crippen LogP contribution in [0.3, 0.4) is 0 Å². The van der Waals surface area contributed by atoms with Crippen LogP contribution in [0.5, 0.6) is 5.75 Å². The van der Waals surface area contributed by atoms with Crippen molar-refractivity contribution in [1.29, 1.82) is 0 Å². The molecule has 0 saturated carbocycles. The second-order valence-electron chi connectivity index (χ2n) is 4.84. The molecule has 3 N–H and O–H groups in total. The molecule has 122 valence electrons. The van der Waals surface area contributed by atoms with Crippen molar-refractivity contribution in [2.24, 2.45) is 0 Å². The smallest absolute Gasteiger partial charge is 0.322 e. The maximum atomic E-state index is 12.2. The molecule has 2 aromatic carbocycles. The number of hydrogen-bond acceptors (Lipinski definition) is 4. The minimum Gasteiger partial charge on any atom is -0.508 e. The van der Waals surface area contributed by atoms with Crippen LogP contribution >= 0.6 is 11.6 Å². The molecule has 8 heteroatoms. The molecule has 2 rings (SSSR count). The number of carboxylic acid groups (broad SMARTS) is 1. The fraction of sp³-hybridized carbons (Fsp3) is 0.133. The predicted molar refractivity (Wildman–Crippen MR) is 85.0 cm³/mol. The van der Waals surface area contributed by atoms with Crippen LogP contribution < -0.4 is 4.72 Å². The van der Waals surface area contributed by atoms with Crippen LogP contribution in [0.2, 0.25) is 5.02 Å². The molecule has 0 aliphatic carbocycles. The topological polar surface area (TPSA) is 104 Å². The van der Waals surface area contributed by atoms with Gasteiger partial charge in [0.1, 0.15) is 11.8 Å². The second kappa shape index (κ2) is 6.99. The number of rotatable bonds is 6. The summed E-state index contributed by atoms with van der Waals surface area (Å²) in [5.74, 6) is -1.25. The first-order valence-corrected chi connectivity index (χ1v) is 8.42. The number of hydrogen-bond donors (Lipinski definition) is 3. The van der Waals surface area contributed by atoms with Crippen molar-refractivity contribution in [1.82, 2.24) is 4.72 Å². The minimum absolute atomic E-state index is 0.0439. The lowest BCUT2D eigenvalue weighted by Crippen LogP contribution is -2.42. The molecule has 0 fully saturated rings. The molecule has 1 atom stereocenters. The lowest BCUT2D eigenvalue weighted by Gasteiger charge is -2.15. The standard InChI is InChI=1S/C15H14ClNO5S/c16-11-3-7-13(8-4-11)23(21,22)17-14(15(19)20)9-10-1-5-12(18)6-2-10/h1-8,14,17-18H,9H2,(H,19,20). The van der Waals surface area contributed by atoms with Gasteiger partial charge in [-0.3, -0.25) is 4.79 Å². The number of carbonyl (C=O) groups is 1. The van der Waals surface area contributed by atoms with Crippen LogP contribution in [-0.4, -0.2) is 30.6 Å². The zero-order valence-electron chi connectivity index (χ0n) is 11.8. The number of nitrogens with one attached hydrogen (secondary N) is 1.